The van der Waals surface area contributed by atoms with E-state index in [1.807, 2.05) is 0 Å². The van der Waals surface area contributed by atoms with Crippen molar-refractivity contribution in [1.29, 1.82) is 0 Å². The average Bonchev–Trinajstić information content (AvgIpc) is 2.58. The molecule has 0 bridgehead atoms. The van der Waals surface area contributed by atoms with Gasteiger partial charge in [0.25, 0.3) is 0 Å². The van der Waals surface area contributed by atoms with Crippen LogP contribution in [0.4, 0.5) is 0 Å². The quantitative estimate of drug-likeness (QED) is 0.731. The summed E-state index contributed by atoms with van der Waals surface area (Å²) >= 11 is 0. The molecule has 0 aliphatic carbocycles. The molecular formula is C17H19N. The van der Waals surface area contributed by atoms with Crippen LogP contribution in [0.5, 0.6) is 0 Å². The van der Waals surface area contributed by atoms with Crippen LogP contribution < -0.4 is 0 Å². The number of fused-ring (bicyclic) bond motifs is 1. The van der Waals surface area contributed by atoms with Gasteiger partial charge in [-0.3, -0.25) is 4.90 Å². The highest BCUT2D eigenvalue weighted by atomic mass is 15.1. The summed E-state index contributed by atoms with van der Waals surface area (Å²) in [6, 6.07) is 20.1. The van der Waals surface area contributed by atoms with E-state index in [2.05, 4.69) is 66.5 Å². The predicted molar refractivity (Wildman–Crippen MR) is 75.7 cm³/mol. The minimum atomic E-state index is 0.407. The molecule has 0 saturated carbocycles. The van der Waals surface area contributed by atoms with Gasteiger partial charge in [-0.15, -0.1) is 0 Å². The highest BCUT2D eigenvalue weighted by molar-refractivity contribution is 5.38. The Morgan fingerprint density at radius 3 is 2.50 bits per heavy atom. The molecule has 0 unspecified atom stereocenters. The summed E-state index contributed by atoms with van der Waals surface area (Å²) in [7, 11) is 2.24. The smallest absolute Gasteiger partial charge is 0.0602 e. The van der Waals surface area contributed by atoms with Crippen molar-refractivity contribution in [3.8, 4) is 0 Å². The third kappa shape index (κ3) is 2.06. The SMILES string of the molecule is CN1CCCc2ccccc2[C@H]1c1ccccc1. The second-order valence-corrected chi connectivity index (χ2v) is 5.10. The normalized spacial score (nSPS) is 20.2. The first-order valence-electron chi connectivity index (χ1n) is 6.69. The monoisotopic (exact) mass is 237 g/mol. The molecule has 0 saturated heterocycles. The first-order chi connectivity index (χ1) is 8.86. The second-order valence-electron chi connectivity index (χ2n) is 5.10. The van der Waals surface area contributed by atoms with Crippen LogP contribution in [0.25, 0.3) is 0 Å². The first kappa shape index (κ1) is 11.5. The molecule has 0 aromatic heterocycles. The van der Waals surface area contributed by atoms with Gasteiger partial charge in [0.2, 0.25) is 0 Å². The molecule has 1 aliphatic heterocycles. The van der Waals surface area contributed by atoms with Gasteiger partial charge in [0, 0.05) is 0 Å². The third-order valence-corrected chi connectivity index (χ3v) is 3.86. The van der Waals surface area contributed by atoms with Crippen LogP contribution in [-0.4, -0.2) is 18.5 Å². The van der Waals surface area contributed by atoms with Crippen LogP contribution in [0.1, 0.15) is 29.2 Å². The standard InChI is InChI=1S/C17H19N/c1-18-13-7-11-14-8-5-6-12-16(14)17(18)15-9-3-2-4-10-15/h2-6,8-10,12,17H,7,11,13H2,1H3/t17-/m1/s1. The lowest BCUT2D eigenvalue weighted by molar-refractivity contribution is 0.284. The third-order valence-electron chi connectivity index (χ3n) is 3.86. The van der Waals surface area contributed by atoms with Crippen LogP contribution in [0, 0.1) is 0 Å². The molecule has 1 atom stereocenters. The summed E-state index contributed by atoms with van der Waals surface area (Å²) in [5.41, 5.74) is 4.38. The van der Waals surface area contributed by atoms with E-state index in [0.29, 0.717) is 6.04 Å². The van der Waals surface area contributed by atoms with Gasteiger partial charge in [0.15, 0.2) is 0 Å². The van der Waals surface area contributed by atoms with Crippen molar-refractivity contribution in [3.05, 3.63) is 71.3 Å². The maximum absolute atomic E-state index is 2.47. The Morgan fingerprint density at radius 2 is 1.67 bits per heavy atom. The Hall–Kier alpha value is -1.60. The number of benzene rings is 2. The molecule has 18 heavy (non-hydrogen) atoms. The van der Waals surface area contributed by atoms with Crippen LogP contribution in [0.2, 0.25) is 0 Å². The molecule has 0 N–H and O–H groups in total. The first-order valence-corrected chi connectivity index (χ1v) is 6.69. The zero-order chi connectivity index (χ0) is 12.4. The Balaban J connectivity index is 2.11. The summed E-state index contributed by atoms with van der Waals surface area (Å²) < 4.78 is 0. The molecule has 0 spiro atoms. The number of hydrogen-bond acceptors (Lipinski definition) is 1. The minimum absolute atomic E-state index is 0.407. The van der Waals surface area contributed by atoms with Gasteiger partial charge in [-0.05, 0) is 43.1 Å². The van der Waals surface area contributed by atoms with Gasteiger partial charge in [0.1, 0.15) is 0 Å². The summed E-state index contributed by atoms with van der Waals surface area (Å²) in [6.45, 7) is 1.16. The molecule has 1 nitrogen and oxygen atoms in total. The van der Waals surface area contributed by atoms with Gasteiger partial charge < -0.3 is 0 Å². The van der Waals surface area contributed by atoms with E-state index in [9.17, 15) is 0 Å². The van der Waals surface area contributed by atoms with Crippen molar-refractivity contribution in [2.75, 3.05) is 13.6 Å². The van der Waals surface area contributed by atoms with Crippen molar-refractivity contribution in [2.45, 2.75) is 18.9 Å². The molecule has 0 fully saturated rings. The van der Waals surface area contributed by atoms with Crippen molar-refractivity contribution in [1.82, 2.24) is 4.90 Å². The molecule has 2 aromatic carbocycles. The predicted octanol–water partition coefficient (Wildman–Crippen LogP) is 3.65. The lowest BCUT2D eigenvalue weighted by Crippen LogP contribution is -2.25. The number of aryl methyl sites for hydroxylation is 1. The largest absolute Gasteiger partial charge is 0.295 e. The Bertz CT molecular complexity index is 518. The molecule has 3 rings (SSSR count). The van der Waals surface area contributed by atoms with Gasteiger partial charge in [-0.2, -0.15) is 0 Å². The fraction of sp³-hybridized carbons (Fsp3) is 0.294. The second kappa shape index (κ2) is 4.95. The summed E-state index contributed by atoms with van der Waals surface area (Å²) in [5.74, 6) is 0. The maximum Gasteiger partial charge on any atom is 0.0602 e. The Labute approximate surface area is 109 Å². The van der Waals surface area contributed by atoms with Crippen LogP contribution in [0.3, 0.4) is 0 Å². The van der Waals surface area contributed by atoms with E-state index in [-0.39, 0.29) is 0 Å². The van der Waals surface area contributed by atoms with Crippen molar-refractivity contribution >= 4 is 0 Å². The van der Waals surface area contributed by atoms with Gasteiger partial charge >= 0.3 is 0 Å². The highest BCUT2D eigenvalue weighted by Gasteiger charge is 2.23. The number of nitrogens with zero attached hydrogens (tertiary/aromatic N) is 1. The zero-order valence-electron chi connectivity index (χ0n) is 10.8. The molecule has 0 radical (unpaired) electrons. The lowest BCUT2D eigenvalue weighted by Gasteiger charge is -2.27. The highest BCUT2D eigenvalue weighted by Crippen LogP contribution is 2.32. The van der Waals surface area contributed by atoms with E-state index in [1.165, 1.54) is 29.5 Å². The van der Waals surface area contributed by atoms with Crippen LogP contribution in [-0.2, 0) is 6.42 Å². The van der Waals surface area contributed by atoms with Gasteiger partial charge in [-0.25, -0.2) is 0 Å². The molecule has 2 aromatic rings. The summed E-state index contributed by atoms with van der Waals surface area (Å²) in [4.78, 5) is 2.47. The molecule has 1 heterocycles. The number of hydrogen-bond donors (Lipinski definition) is 0. The van der Waals surface area contributed by atoms with E-state index in [4.69, 9.17) is 0 Å². The maximum atomic E-state index is 2.47. The van der Waals surface area contributed by atoms with Crippen molar-refractivity contribution in [2.24, 2.45) is 0 Å². The fourth-order valence-corrected chi connectivity index (χ4v) is 2.98. The van der Waals surface area contributed by atoms with E-state index in [0.717, 1.165) is 6.54 Å². The van der Waals surface area contributed by atoms with Crippen molar-refractivity contribution < 1.29 is 0 Å². The van der Waals surface area contributed by atoms with Gasteiger partial charge in [-0.1, -0.05) is 54.6 Å². The van der Waals surface area contributed by atoms with E-state index in [1.54, 1.807) is 0 Å². The molecule has 0 amide bonds. The topological polar surface area (TPSA) is 3.24 Å². The Morgan fingerprint density at radius 1 is 0.944 bits per heavy atom. The van der Waals surface area contributed by atoms with Crippen LogP contribution >= 0.6 is 0 Å². The lowest BCUT2D eigenvalue weighted by atomic mass is 9.93. The van der Waals surface area contributed by atoms with E-state index >= 15 is 0 Å². The number of rotatable bonds is 1. The Kier molecular flexibility index (Phi) is 3.16. The van der Waals surface area contributed by atoms with Crippen molar-refractivity contribution in [3.63, 3.8) is 0 Å². The molecule has 1 aliphatic rings. The fourth-order valence-electron chi connectivity index (χ4n) is 2.98. The molecule has 1 heteroatoms. The summed E-state index contributed by atoms with van der Waals surface area (Å²) in [6.07, 6.45) is 2.45. The minimum Gasteiger partial charge on any atom is -0.295 e. The van der Waals surface area contributed by atoms with Crippen LogP contribution in [0.15, 0.2) is 54.6 Å². The molecular weight excluding hydrogens is 218 g/mol. The van der Waals surface area contributed by atoms with E-state index < -0.39 is 0 Å². The van der Waals surface area contributed by atoms with Gasteiger partial charge in [0.05, 0.1) is 6.04 Å². The summed E-state index contributed by atoms with van der Waals surface area (Å²) in [5, 5.41) is 0. The molecule has 92 valence electrons. The zero-order valence-corrected chi connectivity index (χ0v) is 10.8. The average molecular weight is 237 g/mol.